The summed E-state index contributed by atoms with van der Waals surface area (Å²) in [5.41, 5.74) is 1.78. The summed E-state index contributed by atoms with van der Waals surface area (Å²) in [5.74, 6) is -0.369. The molecule has 0 aliphatic carbocycles. The van der Waals surface area contributed by atoms with Gasteiger partial charge in [-0.25, -0.2) is 4.98 Å². The SMILES string of the molecule is CC(C)(CC(=O)O)CC(=O)N1Cc2[nH]cnc2C[C@H]1c1nc(-c2ccncc2)no1. The lowest BCUT2D eigenvalue weighted by Crippen LogP contribution is -2.41. The number of carboxylic acid groups (broad SMARTS) is 1. The minimum absolute atomic E-state index is 0.0879. The summed E-state index contributed by atoms with van der Waals surface area (Å²) < 4.78 is 5.52. The van der Waals surface area contributed by atoms with Crippen LogP contribution in [0, 0.1) is 5.41 Å². The molecule has 30 heavy (non-hydrogen) atoms. The number of rotatable bonds is 6. The number of nitrogens with zero attached hydrogens (tertiary/aromatic N) is 5. The number of pyridine rings is 1. The first-order valence-corrected chi connectivity index (χ1v) is 9.59. The predicted molar refractivity (Wildman–Crippen MR) is 104 cm³/mol. The van der Waals surface area contributed by atoms with Crippen molar-refractivity contribution in [3.05, 3.63) is 48.1 Å². The maximum absolute atomic E-state index is 13.2. The van der Waals surface area contributed by atoms with Gasteiger partial charge in [0.05, 0.1) is 30.7 Å². The van der Waals surface area contributed by atoms with Crippen LogP contribution in [0.25, 0.3) is 11.4 Å². The van der Waals surface area contributed by atoms with Gasteiger partial charge in [-0.3, -0.25) is 14.6 Å². The second-order valence-corrected chi connectivity index (χ2v) is 8.17. The average Bonchev–Trinajstić information content (AvgIpc) is 3.35. The molecule has 0 unspecified atom stereocenters. The van der Waals surface area contributed by atoms with Crippen LogP contribution in [0.1, 0.15) is 50.0 Å². The predicted octanol–water partition coefficient (Wildman–Crippen LogP) is 2.37. The zero-order valence-corrected chi connectivity index (χ0v) is 16.7. The third-order valence-electron chi connectivity index (χ3n) is 5.14. The van der Waals surface area contributed by atoms with Gasteiger partial charge >= 0.3 is 5.97 Å². The molecular formula is C20H22N6O4. The highest BCUT2D eigenvalue weighted by Crippen LogP contribution is 2.35. The monoisotopic (exact) mass is 410 g/mol. The van der Waals surface area contributed by atoms with Crippen LogP contribution in [0.4, 0.5) is 0 Å². The number of carbonyl (C=O) groups is 2. The molecule has 10 heteroatoms. The molecule has 0 radical (unpaired) electrons. The molecule has 1 atom stereocenters. The fraction of sp³-hybridized carbons (Fsp3) is 0.400. The molecule has 3 aromatic heterocycles. The number of fused-ring (bicyclic) bond motifs is 1. The molecule has 156 valence electrons. The molecule has 0 saturated carbocycles. The van der Waals surface area contributed by atoms with Gasteiger partial charge in [-0.15, -0.1) is 0 Å². The van der Waals surface area contributed by atoms with Gasteiger partial charge in [0.25, 0.3) is 0 Å². The van der Waals surface area contributed by atoms with Crippen molar-refractivity contribution in [3.8, 4) is 11.4 Å². The van der Waals surface area contributed by atoms with Gasteiger partial charge < -0.3 is 19.5 Å². The van der Waals surface area contributed by atoms with Crippen molar-refractivity contribution in [2.45, 2.75) is 45.7 Å². The number of amides is 1. The summed E-state index contributed by atoms with van der Waals surface area (Å²) in [6, 6.07) is 3.08. The number of nitrogens with one attached hydrogen (secondary N) is 1. The summed E-state index contributed by atoms with van der Waals surface area (Å²) in [6.45, 7) is 3.86. The number of hydrogen-bond donors (Lipinski definition) is 2. The van der Waals surface area contributed by atoms with E-state index in [0.717, 1.165) is 17.0 Å². The second kappa shape index (κ2) is 7.69. The van der Waals surface area contributed by atoms with Crippen LogP contribution in [0.15, 0.2) is 35.4 Å². The Labute approximate surface area is 172 Å². The number of aromatic amines is 1. The molecule has 1 aliphatic heterocycles. The highest BCUT2D eigenvalue weighted by Gasteiger charge is 2.38. The number of hydrogen-bond acceptors (Lipinski definition) is 7. The quantitative estimate of drug-likeness (QED) is 0.631. The lowest BCUT2D eigenvalue weighted by Gasteiger charge is -2.35. The molecule has 0 bridgehead atoms. The van der Waals surface area contributed by atoms with Crippen molar-refractivity contribution >= 4 is 11.9 Å². The van der Waals surface area contributed by atoms with Crippen LogP contribution < -0.4 is 0 Å². The normalized spacial score (nSPS) is 16.3. The minimum atomic E-state index is -0.933. The van der Waals surface area contributed by atoms with E-state index < -0.39 is 17.4 Å². The molecule has 0 saturated heterocycles. The number of imidazole rings is 1. The number of H-pyrrole nitrogens is 1. The molecule has 0 aromatic carbocycles. The van der Waals surface area contributed by atoms with E-state index >= 15 is 0 Å². The molecule has 1 aliphatic rings. The molecule has 4 heterocycles. The summed E-state index contributed by atoms with van der Waals surface area (Å²) in [4.78, 5) is 41.9. The fourth-order valence-electron chi connectivity index (χ4n) is 3.69. The Balaban J connectivity index is 1.62. The molecule has 3 aromatic rings. The number of carbonyl (C=O) groups excluding carboxylic acids is 1. The van der Waals surface area contributed by atoms with Crippen molar-refractivity contribution in [2.75, 3.05) is 0 Å². The number of aromatic nitrogens is 5. The first-order valence-electron chi connectivity index (χ1n) is 9.59. The van der Waals surface area contributed by atoms with Crippen molar-refractivity contribution in [3.63, 3.8) is 0 Å². The highest BCUT2D eigenvalue weighted by molar-refractivity contribution is 5.78. The van der Waals surface area contributed by atoms with Crippen LogP contribution in [0.5, 0.6) is 0 Å². The third kappa shape index (κ3) is 4.07. The summed E-state index contributed by atoms with van der Waals surface area (Å²) >= 11 is 0. The third-order valence-corrected chi connectivity index (χ3v) is 5.14. The molecule has 0 spiro atoms. The fourth-order valence-corrected chi connectivity index (χ4v) is 3.69. The van der Waals surface area contributed by atoms with Crippen LogP contribution in [0.3, 0.4) is 0 Å². The van der Waals surface area contributed by atoms with E-state index in [4.69, 9.17) is 9.63 Å². The van der Waals surface area contributed by atoms with Gasteiger partial charge in [-0.2, -0.15) is 4.98 Å². The first kappa shape index (κ1) is 19.7. The van der Waals surface area contributed by atoms with E-state index in [0.29, 0.717) is 24.7 Å². The van der Waals surface area contributed by atoms with Crippen LogP contribution in [0.2, 0.25) is 0 Å². The van der Waals surface area contributed by atoms with Gasteiger partial charge in [0.15, 0.2) is 0 Å². The lowest BCUT2D eigenvalue weighted by molar-refractivity contribution is -0.142. The Morgan fingerprint density at radius 1 is 1.30 bits per heavy atom. The first-order chi connectivity index (χ1) is 14.3. The summed E-state index contributed by atoms with van der Waals surface area (Å²) in [6.07, 6.45) is 5.30. The van der Waals surface area contributed by atoms with Gasteiger partial charge in [-0.05, 0) is 17.5 Å². The molecule has 2 N–H and O–H groups in total. The second-order valence-electron chi connectivity index (χ2n) is 8.17. The maximum Gasteiger partial charge on any atom is 0.303 e. The molecule has 4 rings (SSSR count). The van der Waals surface area contributed by atoms with Crippen LogP contribution >= 0.6 is 0 Å². The Bertz CT molecular complexity index is 1060. The number of aliphatic carboxylic acids is 1. The van der Waals surface area contributed by atoms with E-state index in [1.54, 1.807) is 49.6 Å². The van der Waals surface area contributed by atoms with E-state index in [9.17, 15) is 9.59 Å². The Hall–Kier alpha value is -3.56. The Morgan fingerprint density at radius 3 is 2.80 bits per heavy atom. The highest BCUT2D eigenvalue weighted by atomic mass is 16.5. The van der Waals surface area contributed by atoms with Gasteiger partial charge in [0.1, 0.15) is 6.04 Å². The van der Waals surface area contributed by atoms with E-state index in [-0.39, 0.29) is 18.7 Å². The standard InChI is InChI=1S/C20H22N6O4/c1-20(2,9-17(28)29)8-16(27)26-10-14-13(22-11-23-14)7-15(26)19-24-18(25-30-19)12-3-5-21-6-4-12/h3-6,11,15H,7-10H2,1-2H3,(H,22,23)(H,28,29)/t15-/m0/s1. The van der Waals surface area contributed by atoms with Crippen molar-refractivity contribution in [1.82, 2.24) is 30.0 Å². The van der Waals surface area contributed by atoms with E-state index in [2.05, 4.69) is 25.1 Å². The molecular weight excluding hydrogens is 388 g/mol. The van der Waals surface area contributed by atoms with Crippen molar-refractivity contribution in [1.29, 1.82) is 0 Å². The molecule has 10 nitrogen and oxygen atoms in total. The van der Waals surface area contributed by atoms with Crippen LogP contribution in [-0.4, -0.2) is 47.0 Å². The van der Waals surface area contributed by atoms with E-state index in [1.807, 2.05) is 0 Å². The lowest BCUT2D eigenvalue weighted by atomic mass is 9.84. The molecule has 1 amide bonds. The zero-order valence-electron chi connectivity index (χ0n) is 16.7. The summed E-state index contributed by atoms with van der Waals surface area (Å²) in [7, 11) is 0. The maximum atomic E-state index is 13.2. The van der Waals surface area contributed by atoms with Crippen molar-refractivity contribution in [2.24, 2.45) is 5.41 Å². The van der Waals surface area contributed by atoms with E-state index in [1.165, 1.54) is 0 Å². The molecule has 0 fully saturated rings. The minimum Gasteiger partial charge on any atom is -0.481 e. The average molecular weight is 410 g/mol. The number of carboxylic acids is 1. The smallest absolute Gasteiger partial charge is 0.303 e. The van der Waals surface area contributed by atoms with Gasteiger partial charge in [0.2, 0.25) is 17.6 Å². The van der Waals surface area contributed by atoms with Gasteiger partial charge in [0, 0.05) is 30.8 Å². The largest absolute Gasteiger partial charge is 0.481 e. The summed E-state index contributed by atoms with van der Waals surface area (Å²) in [5, 5.41) is 13.2. The topological polar surface area (TPSA) is 138 Å². The van der Waals surface area contributed by atoms with Crippen molar-refractivity contribution < 1.29 is 19.2 Å². The zero-order chi connectivity index (χ0) is 21.3. The van der Waals surface area contributed by atoms with Crippen LogP contribution in [-0.2, 0) is 22.6 Å². The Kier molecular flexibility index (Phi) is 5.06. The Morgan fingerprint density at radius 2 is 2.07 bits per heavy atom. The van der Waals surface area contributed by atoms with Gasteiger partial charge in [-0.1, -0.05) is 19.0 Å².